The fourth-order valence-electron chi connectivity index (χ4n) is 1.73. The number of hydrogen-bond donors (Lipinski definition) is 1. The van der Waals surface area contributed by atoms with Crippen molar-refractivity contribution in [2.45, 2.75) is 32.9 Å². The van der Waals surface area contributed by atoms with E-state index in [1.54, 1.807) is 7.11 Å². The summed E-state index contributed by atoms with van der Waals surface area (Å²) in [7, 11) is 1.66. The van der Waals surface area contributed by atoms with E-state index in [4.69, 9.17) is 15.2 Å². The summed E-state index contributed by atoms with van der Waals surface area (Å²) in [6.07, 6.45) is -0.0132. The van der Waals surface area contributed by atoms with Gasteiger partial charge in [0.05, 0.1) is 19.3 Å². The van der Waals surface area contributed by atoms with Crippen molar-refractivity contribution in [2.75, 3.05) is 13.7 Å². The molecule has 2 unspecified atom stereocenters. The van der Waals surface area contributed by atoms with E-state index in [2.05, 4.69) is 6.07 Å². The Kier molecular flexibility index (Phi) is 4.77. The van der Waals surface area contributed by atoms with E-state index < -0.39 is 0 Å². The zero-order valence-corrected chi connectivity index (χ0v) is 10.5. The van der Waals surface area contributed by atoms with Crippen molar-refractivity contribution < 1.29 is 9.47 Å². The summed E-state index contributed by atoms with van der Waals surface area (Å²) < 4.78 is 10.8. The Bertz CT molecular complexity index is 339. The molecule has 2 atom stereocenters. The second kappa shape index (κ2) is 5.87. The highest BCUT2D eigenvalue weighted by atomic mass is 16.5. The fraction of sp³-hybridized carbons (Fsp3) is 0.538. The molecule has 1 rings (SSSR count). The van der Waals surface area contributed by atoms with Gasteiger partial charge in [-0.3, -0.25) is 0 Å². The third-order valence-electron chi connectivity index (χ3n) is 2.68. The first-order valence-electron chi connectivity index (χ1n) is 5.61. The topological polar surface area (TPSA) is 44.5 Å². The van der Waals surface area contributed by atoms with Gasteiger partial charge in [-0.05, 0) is 26.8 Å². The number of benzene rings is 1. The zero-order valence-electron chi connectivity index (χ0n) is 10.5. The van der Waals surface area contributed by atoms with E-state index >= 15 is 0 Å². The van der Waals surface area contributed by atoms with Crippen LogP contribution >= 0.6 is 0 Å². The van der Waals surface area contributed by atoms with E-state index in [9.17, 15) is 0 Å². The molecule has 0 spiro atoms. The second-order valence-electron chi connectivity index (χ2n) is 3.93. The summed E-state index contributed by atoms with van der Waals surface area (Å²) in [4.78, 5) is 0. The molecule has 2 N–H and O–H groups in total. The molecule has 0 saturated heterocycles. The maximum absolute atomic E-state index is 6.16. The predicted molar refractivity (Wildman–Crippen MR) is 65.7 cm³/mol. The molecule has 16 heavy (non-hydrogen) atoms. The van der Waals surface area contributed by atoms with Crippen molar-refractivity contribution >= 4 is 0 Å². The van der Waals surface area contributed by atoms with Gasteiger partial charge in [-0.15, -0.1) is 0 Å². The fourth-order valence-corrected chi connectivity index (χ4v) is 1.73. The number of aryl methyl sites for hydroxylation is 1. The lowest BCUT2D eigenvalue weighted by Gasteiger charge is -2.22. The van der Waals surface area contributed by atoms with Crippen molar-refractivity contribution in [3.8, 4) is 5.75 Å². The van der Waals surface area contributed by atoms with Crippen molar-refractivity contribution in [3.63, 3.8) is 0 Å². The first kappa shape index (κ1) is 13.0. The smallest absolute Gasteiger partial charge is 0.123 e. The van der Waals surface area contributed by atoms with Gasteiger partial charge in [0.1, 0.15) is 5.75 Å². The maximum atomic E-state index is 6.16. The van der Waals surface area contributed by atoms with Gasteiger partial charge in [0.25, 0.3) is 0 Å². The van der Waals surface area contributed by atoms with Crippen LogP contribution in [0.25, 0.3) is 0 Å². The van der Waals surface area contributed by atoms with Crippen LogP contribution in [0.5, 0.6) is 5.75 Å². The van der Waals surface area contributed by atoms with Gasteiger partial charge in [-0.2, -0.15) is 0 Å². The molecule has 0 amide bonds. The van der Waals surface area contributed by atoms with Gasteiger partial charge in [0.2, 0.25) is 0 Å². The molecule has 0 fully saturated rings. The summed E-state index contributed by atoms with van der Waals surface area (Å²) in [6, 6.07) is 5.86. The Hall–Kier alpha value is -1.06. The van der Waals surface area contributed by atoms with Gasteiger partial charge in [0.15, 0.2) is 0 Å². The Morgan fingerprint density at radius 2 is 2.06 bits per heavy atom. The summed E-state index contributed by atoms with van der Waals surface area (Å²) >= 11 is 0. The maximum Gasteiger partial charge on any atom is 0.123 e. The lowest BCUT2D eigenvalue weighted by molar-refractivity contribution is 0.0568. The minimum Gasteiger partial charge on any atom is -0.496 e. The van der Waals surface area contributed by atoms with Crippen LogP contribution in [0.3, 0.4) is 0 Å². The molecule has 90 valence electrons. The van der Waals surface area contributed by atoms with Gasteiger partial charge >= 0.3 is 0 Å². The standard InChI is InChI=1S/C13H21NO2/c1-5-16-10(3)13(14)11-8-9(2)6-7-12(11)15-4/h6-8,10,13H,5,14H2,1-4H3. The van der Waals surface area contributed by atoms with Gasteiger partial charge in [0, 0.05) is 12.2 Å². The molecular weight excluding hydrogens is 202 g/mol. The molecule has 0 aliphatic heterocycles. The quantitative estimate of drug-likeness (QED) is 0.833. The van der Waals surface area contributed by atoms with E-state index in [0.29, 0.717) is 6.61 Å². The molecule has 0 radical (unpaired) electrons. The van der Waals surface area contributed by atoms with Crippen LogP contribution in [0.15, 0.2) is 18.2 Å². The molecule has 3 nitrogen and oxygen atoms in total. The Morgan fingerprint density at radius 1 is 1.38 bits per heavy atom. The first-order chi connectivity index (χ1) is 7.60. The highest BCUT2D eigenvalue weighted by Gasteiger charge is 2.18. The summed E-state index contributed by atoms with van der Waals surface area (Å²) in [6.45, 7) is 6.66. The van der Waals surface area contributed by atoms with Crippen LogP contribution in [0.1, 0.15) is 31.0 Å². The van der Waals surface area contributed by atoms with Crippen molar-refractivity contribution in [1.82, 2.24) is 0 Å². The molecule has 0 aliphatic carbocycles. The average Bonchev–Trinajstić information content (AvgIpc) is 2.28. The monoisotopic (exact) mass is 223 g/mol. The molecule has 0 aliphatic rings. The molecule has 0 aromatic heterocycles. The van der Waals surface area contributed by atoms with Gasteiger partial charge in [-0.25, -0.2) is 0 Å². The zero-order chi connectivity index (χ0) is 12.1. The number of rotatable bonds is 5. The Balaban J connectivity index is 2.96. The summed E-state index contributed by atoms with van der Waals surface area (Å²) in [5.41, 5.74) is 8.34. The summed E-state index contributed by atoms with van der Waals surface area (Å²) in [5, 5.41) is 0. The average molecular weight is 223 g/mol. The number of hydrogen-bond acceptors (Lipinski definition) is 3. The van der Waals surface area contributed by atoms with Crippen molar-refractivity contribution in [1.29, 1.82) is 0 Å². The molecule has 1 aromatic carbocycles. The second-order valence-corrected chi connectivity index (χ2v) is 3.93. The van der Waals surface area contributed by atoms with E-state index in [1.807, 2.05) is 32.9 Å². The number of methoxy groups -OCH3 is 1. The predicted octanol–water partition coefficient (Wildman–Crippen LogP) is 2.43. The van der Waals surface area contributed by atoms with Crippen LogP contribution in [-0.4, -0.2) is 19.8 Å². The highest BCUT2D eigenvalue weighted by Crippen LogP contribution is 2.27. The van der Waals surface area contributed by atoms with Crippen LogP contribution < -0.4 is 10.5 Å². The number of nitrogens with two attached hydrogens (primary N) is 1. The van der Waals surface area contributed by atoms with Crippen LogP contribution in [0.4, 0.5) is 0 Å². The Labute approximate surface area is 97.6 Å². The third-order valence-corrected chi connectivity index (χ3v) is 2.68. The molecular formula is C13H21NO2. The molecule has 1 aromatic rings. The third kappa shape index (κ3) is 2.97. The molecule has 0 saturated carbocycles. The SMILES string of the molecule is CCOC(C)C(N)c1cc(C)ccc1OC. The first-order valence-corrected chi connectivity index (χ1v) is 5.61. The molecule has 0 bridgehead atoms. The van der Waals surface area contributed by atoms with Crippen molar-refractivity contribution in [2.24, 2.45) is 5.73 Å². The van der Waals surface area contributed by atoms with Crippen LogP contribution in [0.2, 0.25) is 0 Å². The highest BCUT2D eigenvalue weighted by molar-refractivity contribution is 5.39. The number of ether oxygens (including phenoxy) is 2. The summed E-state index contributed by atoms with van der Waals surface area (Å²) in [5.74, 6) is 0.824. The van der Waals surface area contributed by atoms with E-state index in [-0.39, 0.29) is 12.1 Å². The minimum atomic E-state index is -0.158. The largest absolute Gasteiger partial charge is 0.496 e. The van der Waals surface area contributed by atoms with Gasteiger partial charge in [-0.1, -0.05) is 17.7 Å². The van der Waals surface area contributed by atoms with Crippen LogP contribution in [0, 0.1) is 6.92 Å². The lowest BCUT2D eigenvalue weighted by Crippen LogP contribution is -2.26. The Morgan fingerprint density at radius 3 is 2.62 bits per heavy atom. The molecule has 3 heteroatoms. The molecule has 0 heterocycles. The minimum absolute atomic E-state index is 0.0132. The van der Waals surface area contributed by atoms with Gasteiger partial charge < -0.3 is 15.2 Å². The lowest BCUT2D eigenvalue weighted by atomic mass is 10.00. The van der Waals surface area contributed by atoms with Crippen molar-refractivity contribution in [3.05, 3.63) is 29.3 Å². The van der Waals surface area contributed by atoms with Crippen LogP contribution in [-0.2, 0) is 4.74 Å². The van der Waals surface area contributed by atoms with E-state index in [1.165, 1.54) is 5.56 Å². The normalized spacial score (nSPS) is 14.6. The van der Waals surface area contributed by atoms with E-state index in [0.717, 1.165) is 11.3 Å².